The summed E-state index contributed by atoms with van der Waals surface area (Å²) in [6.45, 7) is 0. The number of hydrogen-bond donors (Lipinski definition) is 1. The Hall–Kier alpha value is -1.61. The predicted molar refractivity (Wildman–Crippen MR) is 72.3 cm³/mol. The molecular weight excluding hydrogens is 222 g/mol. The summed E-state index contributed by atoms with van der Waals surface area (Å²) in [7, 11) is 1.96. The van der Waals surface area contributed by atoms with E-state index in [0.717, 1.165) is 5.69 Å². The molecule has 18 heavy (non-hydrogen) atoms. The Morgan fingerprint density at radius 1 is 1.33 bits per heavy atom. The molecule has 94 valence electrons. The highest BCUT2D eigenvalue weighted by atomic mass is 15.3. The van der Waals surface area contributed by atoms with Gasteiger partial charge in [0, 0.05) is 19.2 Å². The second kappa shape index (κ2) is 4.58. The maximum Gasteiger partial charge on any atom is 0.0554 e. The average Bonchev–Trinajstić information content (AvgIpc) is 2.83. The molecule has 0 radical (unpaired) electrons. The van der Waals surface area contributed by atoms with Gasteiger partial charge in [0.2, 0.25) is 0 Å². The summed E-state index contributed by atoms with van der Waals surface area (Å²) in [5, 5.41) is 4.23. The zero-order chi connectivity index (χ0) is 12.5. The number of aromatic nitrogens is 2. The molecule has 3 nitrogen and oxygen atoms in total. The fraction of sp³-hybridized carbons (Fsp3) is 0.400. The Kier molecular flexibility index (Phi) is 2.92. The smallest absolute Gasteiger partial charge is 0.0554 e. The van der Waals surface area contributed by atoms with Gasteiger partial charge in [0.05, 0.1) is 11.7 Å². The largest absolute Gasteiger partial charge is 0.322 e. The fourth-order valence-electron chi connectivity index (χ4n) is 3.08. The SMILES string of the molecule is Cn1nccc1C(N)C1CCCc2ccccc21. The molecule has 1 aliphatic carbocycles. The fourth-order valence-corrected chi connectivity index (χ4v) is 3.08. The van der Waals surface area contributed by atoms with E-state index >= 15 is 0 Å². The van der Waals surface area contributed by atoms with Gasteiger partial charge in [-0.15, -0.1) is 0 Å². The number of nitrogens with zero attached hydrogens (tertiary/aromatic N) is 2. The van der Waals surface area contributed by atoms with Crippen LogP contribution in [-0.2, 0) is 13.5 Å². The van der Waals surface area contributed by atoms with Crippen molar-refractivity contribution in [2.75, 3.05) is 0 Å². The van der Waals surface area contributed by atoms with E-state index in [1.54, 1.807) is 0 Å². The lowest BCUT2D eigenvalue weighted by Crippen LogP contribution is -2.25. The van der Waals surface area contributed by atoms with E-state index in [-0.39, 0.29) is 6.04 Å². The molecule has 3 rings (SSSR count). The van der Waals surface area contributed by atoms with Gasteiger partial charge in [-0.2, -0.15) is 5.10 Å². The molecule has 3 heteroatoms. The molecule has 1 aliphatic rings. The van der Waals surface area contributed by atoms with Gasteiger partial charge in [-0.3, -0.25) is 4.68 Å². The number of rotatable bonds is 2. The van der Waals surface area contributed by atoms with Crippen molar-refractivity contribution in [1.29, 1.82) is 0 Å². The molecule has 1 heterocycles. The van der Waals surface area contributed by atoms with E-state index in [1.807, 2.05) is 24.0 Å². The van der Waals surface area contributed by atoms with Crippen LogP contribution in [0.2, 0.25) is 0 Å². The van der Waals surface area contributed by atoms with Crippen LogP contribution in [0.4, 0.5) is 0 Å². The number of nitrogens with two attached hydrogens (primary N) is 1. The third-order valence-corrected chi connectivity index (χ3v) is 4.05. The molecule has 0 aliphatic heterocycles. The number of benzene rings is 1. The third kappa shape index (κ3) is 1.85. The van der Waals surface area contributed by atoms with Crippen LogP contribution < -0.4 is 5.73 Å². The van der Waals surface area contributed by atoms with Gasteiger partial charge < -0.3 is 5.73 Å². The standard InChI is InChI=1S/C15H19N3/c1-18-14(9-10-17-18)15(16)13-8-4-6-11-5-2-3-7-12(11)13/h2-3,5,7,9-10,13,15H,4,6,8,16H2,1H3. The quantitative estimate of drug-likeness (QED) is 0.878. The first-order chi connectivity index (χ1) is 8.77. The van der Waals surface area contributed by atoms with Crippen LogP contribution in [-0.4, -0.2) is 9.78 Å². The molecule has 0 saturated carbocycles. The van der Waals surface area contributed by atoms with E-state index in [0.29, 0.717) is 5.92 Å². The van der Waals surface area contributed by atoms with E-state index < -0.39 is 0 Å². The minimum atomic E-state index is 0.0407. The topological polar surface area (TPSA) is 43.8 Å². The normalized spacial score (nSPS) is 20.4. The summed E-state index contributed by atoms with van der Waals surface area (Å²) in [6.07, 6.45) is 5.41. The molecule has 1 aromatic carbocycles. The Bertz CT molecular complexity index is 544. The average molecular weight is 241 g/mol. The Morgan fingerprint density at radius 3 is 2.94 bits per heavy atom. The lowest BCUT2D eigenvalue weighted by atomic mass is 9.78. The lowest BCUT2D eigenvalue weighted by molar-refractivity contribution is 0.453. The maximum absolute atomic E-state index is 6.47. The Labute approximate surface area is 108 Å². The van der Waals surface area contributed by atoms with Crippen molar-refractivity contribution in [3.63, 3.8) is 0 Å². The molecule has 2 N–H and O–H groups in total. The van der Waals surface area contributed by atoms with Gasteiger partial charge in [-0.25, -0.2) is 0 Å². The highest BCUT2D eigenvalue weighted by Crippen LogP contribution is 2.38. The van der Waals surface area contributed by atoms with Crippen molar-refractivity contribution in [2.24, 2.45) is 12.8 Å². The molecule has 0 fully saturated rings. The van der Waals surface area contributed by atoms with Gasteiger partial charge in [0.25, 0.3) is 0 Å². The van der Waals surface area contributed by atoms with Crippen LogP contribution in [0.15, 0.2) is 36.5 Å². The van der Waals surface area contributed by atoms with E-state index in [9.17, 15) is 0 Å². The molecule has 0 spiro atoms. The highest BCUT2D eigenvalue weighted by molar-refractivity contribution is 5.35. The predicted octanol–water partition coefficient (Wildman–Crippen LogP) is 2.54. The minimum absolute atomic E-state index is 0.0407. The summed E-state index contributed by atoms with van der Waals surface area (Å²) in [4.78, 5) is 0. The van der Waals surface area contributed by atoms with Crippen LogP contribution in [0, 0.1) is 0 Å². The van der Waals surface area contributed by atoms with Crippen LogP contribution in [0.5, 0.6) is 0 Å². The first-order valence-electron chi connectivity index (χ1n) is 6.58. The van der Waals surface area contributed by atoms with E-state index in [2.05, 4.69) is 29.4 Å². The van der Waals surface area contributed by atoms with Crippen LogP contribution in [0.25, 0.3) is 0 Å². The van der Waals surface area contributed by atoms with Gasteiger partial charge in [0.15, 0.2) is 0 Å². The van der Waals surface area contributed by atoms with E-state index in [4.69, 9.17) is 5.73 Å². The second-order valence-electron chi connectivity index (χ2n) is 5.10. The number of hydrogen-bond acceptors (Lipinski definition) is 2. The zero-order valence-electron chi connectivity index (χ0n) is 10.7. The summed E-state index contributed by atoms with van der Waals surface area (Å²) in [6, 6.07) is 10.8. The highest BCUT2D eigenvalue weighted by Gasteiger charge is 2.27. The van der Waals surface area contributed by atoms with Crippen LogP contribution >= 0.6 is 0 Å². The minimum Gasteiger partial charge on any atom is -0.322 e. The molecule has 0 saturated heterocycles. The maximum atomic E-state index is 6.47. The first kappa shape index (κ1) is 11.5. The molecule has 2 unspecified atom stereocenters. The summed E-state index contributed by atoms with van der Waals surface area (Å²) < 4.78 is 1.89. The van der Waals surface area contributed by atoms with Crippen molar-refractivity contribution in [3.05, 3.63) is 53.3 Å². The Balaban J connectivity index is 1.97. The van der Waals surface area contributed by atoms with Crippen molar-refractivity contribution >= 4 is 0 Å². The summed E-state index contributed by atoms with van der Waals surface area (Å²) in [5.41, 5.74) is 10.5. The van der Waals surface area contributed by atoms with Crippen molar-refractivity contribution in [3.8, 4) is 0 Å². The number of fused-ring (bicyclic) bond motifs is 1. The molecule has 0 amide bonds. The molecule has 0 bridgehead atoms. The monoisotopic (exact) mass is 241 g/mol. The molecule has 1 aromatic heterocycles. The lowest BCUT2D eigenvalue weighted by Gasteiger charge is -2.30. The molecular formula is C15H19N3. The number of aryl methyl sites for hydroxylation is 2. The van der Waals surface area contributed by atoms with Gasteiger partial charge in [0.1, 0.15) is 0 Å². The third-order valence-electron chi connectivity index (χ3n) is 4.05. The summed E-state index contributed by atoms with van der Waals surface area (Å²) in [5.74, 6) is 0.422. The van der Waals surface area contributed by atoms with Gasteiger partial charge in [-0.05, 0) is 36.5 Å². The van der Waals surface area contributed by atoms with Crippen molar-refractivity contribution in [2.45, 2.75) is 31.2 Å². The summed E-state index contributed by atoms with van der Waals surface area (Å²) >= 11 is 0. The molecule has 2 aromatic rings. The zero-order valence-corrected chi connectivity index (χ0v) is 10.7. The van der Waals surface area contributed by atoms with Crippen LogP contribution in [0.3, 0.4) is 0 Å². The van der Waals surface area contributed by atoms with Crippen LogP contribution in [0.1, 0.15) is 41.6 Å². The van der Waals surface area contributed by atoms with Crippen molar-refractivity contribution in [1.82, 2.24) is 9.78 Å². The Morgan fingerprint density at radius 2 is 2.17 bits per heavy atom. The second-order valence-corrected chi connectivity index (χ2v) is 5.10. The first-order valence-corrected chi connectivity index (χ1v) is 6.58. The van der Waals surface area contributed by atoms with Gasteiger partial charge in [-0.1, -0.05) is 24.3 Å². The van der Waals surface area contributed by atoms with E-state index in [1.165, 1.54) is 30.4 Å². The van der Waals surface area contributed by atoms with Crippen molar-refractivity contribution < 1.29 is 0 Å². The van der Waals surface area contributed by atoms with Gasteiger partial charge >= 0.3 is 0 Å². The molecule has 2 atom stereocenters.